The Morgan fingerprint density at radius 3 is 2.96 bits per heavy atom. The number of thiazole rings is 1. The fraction of sp³-hybridized carbons (Fsp3) is 0.350. The number of fused-ring (bicyclic) bond motifs is 1. The Morgan fingerprint density at radius 1 is 1.37 bits per heavy atom. The molecule has 3 aromatic rings. The lowest BCUT2D eigenvalue weighted by molar-refractivity contribution is -0.122. The van der Waals surface area contributed by atoms with Crippen LogP contribution in [0, 0.1) is 0 Å². The first-order valence-corrected chi connectivity index (χ1v) is 10.9. The number of pyridine rings is 1. The molecule has 0 saturated carbocycles. The maximum Gasteiger partial charge on any atom is 0.243 e. The Kier molecular flexibility index (Phi) is 5.22. The molecular formula is C20H22N4OS2. The number of nitrogens with one attached hydrogen (secondary N) is 1. The minimum Gasteiger partial charge on any atom is -0.354 e. The molecule has 4 heterocycles. The van der Waals surface area contributed by atoms with Crippen molar-refractivity contribution in [1.82, 2.24) is 15.3 Å². The Bertz CT molecular complexity index is 905. The predicted octanol–water partition coefficient (Wildman–Crippen LogP) is 3.77. The van der Waals surface area contributed by atoms with Gasteiger partial charge in [0.05, 0.1) is 5.69 Å². The quantitative estimate of drug-likeness (QED) is 0.687. The van der Waals surface area contributed by atoms with Crippen molar-refractivity contribution in [2.24, 2.45) is 0 Å². The smallest absolute Gasteiger partial charge is 0.243 e. The molecule has 1 amide bonds. The van der Waals surface area contributed by atoms with Gasteiger partial charge in [0.2, 0.25) is 5.91 Å². The SMILES string of the molecule is CC(C)N1c2sc(-c3ccsc3)nc2CC1C(=O)NCCc1ccccn1. The van der Waals surface area contributed by atoms with Gasteiger partial charge >= 0.3 is 0 Å². The fourth-order valence-corrected chi connectivity index (χ4v) is 5.39. The van der Waals surface area contributed by atoms with E-state index in [0.29, 0.717) is 13.0 Å². The van der Waals surface area contributed by atoms with E-state index in [1.807, 2.05) is 18.2 Å². The summed E-state index contributed by atoms with van der Waals surface area (Å²) >= 11 is 3.37. The Morgan fingerprint density at radius 2 is 2.26 bits per heavy atom. The van der Waals surface area contributed by atoms with Crippen molar-refractivity contribution in [2.45, 2.75) is 38.8 Å². The summed E-state index contributed by atoms with van der Waals surface area (Å²) in [5.74, 6) is 0.0712. The molecule has 5 nitrogen and oxygen atoms in total. The lowest BCUT2D eigenvalue weighted by atomic mass is 10.1. The molecular weight excluding hydrogens is 376 g/mol. The largest absolute Gasteiger partial charge is 0.354 e. The van der Waals surface area contributed by atoms with Crippen molar-refractivity contribution in [3.63, 3.8) is 0 Å². The number of carbonyl (C=O) groups excluding carboxylic acids is 1. The van der Waals surface area contributed by atoms with Gasteiger partial charge in [0.15, 0.2) is 0 Å². The molecule has 1 aliphatic rings. The van der Waals surface area contributed by atoms with Gasteiger partial charge in [0.1, 0.15) is 16.1 Å². The minimum atomic E-state index is -0.181. The van der Waals surface area contributed by atoms with E-state index in [1.54, 1.807) is 28.9 Å². The van der Waals surface area contributed by atoms with Gasteiger partial charge in [-0.3, -0.25) is 9.78 Å². The number of anilines is 1. The van der Waals surface area contributed by atoms with Crippen LogP contribution in [0.3, 0.4) is 0 Å². The first kappa shape index (κ1) is 18.1. The van der Waals surface area contributed by atoms with Crippen LogP contribution in [0.15, 0.2) is 41.2 Å². The van der Waals surface area contributed by atoms with Crippen LogP contribution in [0.5, 0.6) is 0 Å². The first-order valence-electron chi connectivity index (χ1n) is 9.11. The molecule has 0 bridgehead atoms. The molecule has 0 aliphatic carbocycles. The number of thiophene rings is 1. The van der Waals surface area contributed by atoms with Gasteiger partial charge in [-0.1, -0.05) is 17.4 Å². The van der Waals surface area contributed by atoms with Crippen LogP contribution in [0.4, 0.5) is 5.00 Å². The predicted molar refractivity (Wildman–Crippen MR) is 111 cm³/mol. The number of hydrogen-bond donors (Lipinski definition) is 1. The summed E-state index contributed by atoms with van der Waals surface area (Å²) in [6, 6.07) is 8.01. The monoisotopic (exact) mass is 398 g/mol. The first-order chi connectivity index (χ1) is 13.1. The molecule has 0 saturated heterocycles. The number of carbonyl (C=O) groups is 1. The van der Waals surface area contributed by atoms with E-state index in [-0.39, 0.29) is 18.0 Å². The van der Waals surface area contributed by atoms with Gasteiger partial charge in [-0.25, -0.2) is 4.98 Å². The fourth-order valence-electron chi connectivity index (χ4n) is 3.40. The van der Waals surface area contributed by atoms with Crippen molar-refractivity contribution in [3.8, 4) is 10.6 Å². The highest BCUT2D eigenvalue weighted by atomic mass is 32.1. The summed E-state index contributed by atoms with van der Waals surface area (Å²) in [7, 11) is 0. The topological polar surface area (TPSA) is 58.1 Å². The zero-order valence-corrected chi connectivity index (χ0v) is 17.0. The maximum absolute atomic E-state index is 12.8. The highest BCUT2D eigenvalue weighted by Gasteiger charge is 2.38. The maximum atomic E-state index is 12.8. The standard InChI is InChI=1S/C20H22N4OS2/c1-13(2)24-17(18(25)22-9-6-15-5-3-4-8-21-15)11-16-20(24)27-19(23-16)14-7-10-26-12-14/h3-5,7-8,10,12-13,17H,6,9,11H2,1-2H3,(H,22,25). The highest BCUT2D eigenvalue weighted by Crippen LogP contribution is 2.42. The average Bonchev–Trinajstić information content (AvgIpc) is 3.37. The molecule has 1 N–H and O–H groups in total. The van der Waals surface area contributed by atoms with Crippen LogP contribution in [0.25, 0.3) is 10.6 Å². The molecule has 27 heavy (non-hydrogen) atoms. The lowest BCUT2D eigenvalue weighted by Gasteiger charge is -2.29. The van der Waals surface area contributed by atoms with Crippen molar-refractivity contribution in [3.05, 3.63) is 52.6 Å². The molecule has 0 spiro atoms. The lowest BCUT2D eigenvalue weighted by Crippen LogP contribution is -2.48. The minimum absolute atomic E-state index is 0.0712. The van der Waals surface area contributed by atoms with Gasteiger partial charge in [-0.15, -0.1) is 0 Å². The van der Waals surface area contributed by atoms with Crippen molar-refractivity contribution in [2.75, 3.05) is 11.4 Å². The zero-order chi connectivity index (χ0) is 18.8. The normalized spacial score (nSPS) is 16.0. The molecule has 140 valence electrons. The van der Waals surface area contributed by atoms with Gasteiger partial charge in [-0.05, 0) is 37.4 Å². The van der Waals surface area contributed by atoms with Crippen LogP contribution in [0.2, 0.25) is 0 Å². The van der Waals surface area contributed by atoms with E-state index in [2.05, 4.69) is 45.9 Å². The summed E-state index contributed by atoms with van der Waals surface area (Å²) in [5.41, 5.74) is 3.20. The van der Waals surface area contributed by atoms with Crippen LogP contribution >= 0.6 is 22.7 Å². The van der Waals surface area contributed by atoms with Crippen LogP contribution in [0.1, 0.15) is 25.2 Å². The molecule has 7 heteroatoms. The number of amides is 1. The molecule has 1 atom stereocenters. The number of hydrogen-bond acceptors (Lipinski definition) is 6. The Hall–Kier alpha value is -2.25. The summed E-state index contributed by atoms with van der Waals surface area (Å²) in [4.78, 5) is 24.2. The van der Waals surface area contributed by atoms with Crippen LogP contribution in [-0.2, 0) is 17.6 Å². The van der Waals surface area contributed by atoms with E-state index < -0.39 is 0 Å². The summed E-state index contributed by atoms with van der Waals surface area (Å²) in [6.07, 6.45) is 3.19. The molecule has 4 rings (SSSR count). The van der Waals surface area contributed by atoms with Crippen molar-refractivity contribution >= 4 is 33.6 Å². The Labute approximate surface area is 167 Å². The molecule has 3 aromatic heterocycles. The van der Waals surface area contributed by atoms with Crippen LogP contribution < -0.4 is 10.2 Å². The summed E-state index contributed by atoms with van der Waals surface area (Å²) < 4.78 is 0. The molecule has 0 aromatic carbocycles. The summed E-state index contributed by atoms with van der Waals surface area (Å²) in [6.45, 7) is 4.86. The van der Waals surface area contributed by atoms with E-state index in [4.69, 9.17) is 4.98 Å². The number of aromatic nitrogens is 2. The molecule has 1 aliphatic heterocycles. The molecule has 0 radical (unpaired) electrons. The van der Waals surface area contributed by atoms with E-state index in [0.717, 1.165) is 27.8 Å². The Balaban J connectivity index is 1.44. The second-order valence-corrected chi connectivity index (χ2v) is 8.62. The third-order valence-electron chi connectivity index (χ3n) is 4.67. The average molecular weight is 399 g/mol. The van der Waals surface area contributed by atoms with Crippen molar-refractivity contribution in [1.29, 1.82) is 0 Å². The number of rotatable bonds is 6. The van der Waals surface area contributed by atoms with Gasteiger partial charge < -0.3 is 10.2 Å². The van der Waals surface area contributed by atoms with E-state index in [9.17, 15) is 4.79 Å². The van der Waals surface area contributed by atoms with Crippen LogP contribution in [-0.4, -0.2) is 34.5 Å². The van der Waals surface area contributed by atoms with Gasteiger partial charge in [0, 0.05) is 48.3 Å². The van der Waals surface area contributed by atoms with Crippen molar-refractivity contribution < 1.29 is 4.79 Å². The van der Waals surface area contributed by atoms with E-state index >= 15 is 0 Å². The van der Waals surface area contributed by atoms with E-state index in [1.165, 1.54) is 5.56 Å². The highest BCUT2D eigenvalue weighted by molar-refractivity contribution is 7.19. The second-order valence-electron chi connectivity index (χ2n) is 6.87. The van der Waals surface area contributed by atoms with Gasteiger partial charge in [0.25, 0.3) is 0 Å². The second kappa shape index (κ2) is 7.78. The summed E-state index contributed by atoms with van der Waals surface area (Å²) in [5, 5.41) is 9.45. The van der Waals surface area contributed by atoms with Gasteiger partial charge in [-0.2, -0.15) is 11.3 Å². The third-order valence-corrected chi connectivity index (χ3v) is 6.51. The zero-order valence-electron chi connectivity index (χ0n) is 15.4. The third kappa shape index (κ3) is 3.75. The molecule has 1 unspecified atom stereocenters. The molecule has 0 fully saturated rings. The number of nitrogens with zero attached hydrogens (tertiary/aromatic N) is 3.